The highest BCUT2D eigenvalue weighted by molar-refractivity contribution is 5.98. The number of rotatable bonds is 5. The molecule has 6 nitrogen and oxygen atoms in total. The van der Waals surface area contributed by atoms with Gasteiger partial charge in [-0.3, -0.25) is 4.90 Å². The molecule has 0 unspecified atom stereocenters. The van der Waals surface area contributed by atoms with E-state index < -0.39 is 11.7 Å². The Kier molecular flexibility index (Phi) is 6.45. The van der Waals surface area contributed by atoms with E-state index in [0.29, 0.717) is 31.0 Å². The molecule has 3 rings (SSSR count). The molecule has 2 aromatic carbocycles. The summed E-state index contributed by atoms with van der Waals surface area (Å²) in [6.07, 6.45) is 1.57. The Bertz CT molecular complexity index is 944. The fraction of sp³-hybridized carbons (Fsp3) is 0.333. The van der Waals surface area contributed by atoms with Crippen molar-refractivity contribution in [3.63, 3.8) is 0 Å². The molecule has 2 aromatic rings. The van der Waals surface area contributed by atoms with Crippen LogP contribution < -0.4 is 9.64 Å². The molecule has 0 spiro atoms. The normalized spacial score (nSPS) is 13.9. The molecule has 0 bridgehead atoms. The minimum absolute atomic E-state index is 0.307. The molecule has 0 saturated heterocycles. The number of cyclic esters (lactones) is 1. The maximum Gasteiger partial charge on any atom is 0.415 e. The molecule has 0 saturated carbocycles. The highest BCUT2D eigenvalue weighted by Gasteiger charge is 2.27. The predicted octanol–water partition coefficient (Wildman–Crippen LogP) is 4.97. The first-order chi connectivity index (χ1) is 14.3. The average Bonchev–Trinajstić information content (AvgIpc) is 2.71. The first kappa shape index (κ1) is 21.4. The number of hydrogen-bond donors (Lipinski definition) is 0. The van der Waals surface area contributed by atoms with Crippen LogP contribution in [0.3, 0.4) is 0 Å². The molecule has 6 heteroatoms. The van der Waals surface area contributed by atoms with Crippen LogP contribution in [0.4, 0.5) is 10.5 Å². The molecule has 0 fully saturated rings. The van der Waals surface area contributed by atoms with Gasteiger partial charge in [-0.25, -0.2) is 9.59 Å². The second kappa shape index (κ2) is 9.03. The lowest BCUT2D eigenvalue weighted by molar-refractivity contribution is -0.138. The van der Waals surface area contributed by atoms with Crippen LogP contribution in [-0.2, 0) is 20.8 Å². The summed E-state index contributed by atoms with van der Waals surface area (Å²) in [5.41, 5.74) is 2.50. The van der Waals surface area contributed by atoms with Crippen molar-refractivity contribution in [2.24, 2.45) is 0 Å². The molecule has 0 atom stereocenters. The number of nitrogens with zero attached hydrogens (tertiary/aromatic N) is 1. The largest absolute Gasteiger partial charge is 0.497 e. The zero-order valence-corrected chi connectivity index (χ0v) is 17.8. The minimum atomic E-state index is -0.654. The molecule has 1 aliphatic heterocycles. The van der Waals surface area contributed by atoms with Crippen LogP contribution in [0.2, 0.25) is 0 Å². The summed E-state index contributed by atoms with van der Waals surface area (Å²) in [5.74, 6) is 0.222. The average molecular weight is 409 g/mol. The standard InChI is InChI=1S/C24H27NO5/c1-24(2,3)30-23(27)25(16-17-8-6-5-7-9-17)21-15-19(28-4)10-11-20(21)18-12-13-29-22(26)14-18/h5-11,14-15H,12-13,16H2,1-4H3. The van der Waals surface area contributed by atoms with Crippen LogP contribution in [0.1, 0.15) is 38.3 Å². The smallest absolute Gasteiger partial charge is 0.415 e. The zero-order chi connectivity index (χ0) is 21.7. The van der Waals surface area contributed by atoms with E-state index in [4.69, 9.17) is 14.2 Å². The highest BCUT2D eigenvalue weighted by atomic mass is 16.6. The van der Waals surface area contributed by atoms with E-state index in [1.807, 2.05) is 63.2 Å². The number of hydrogen-bond acceptors (Lipinski definition) is 5. The lowest BCUT2D eigenvalue weighted by atomic mass is 9.98. The third kappa shape index (κ3) is 5.41. The van der Waals surface area contributed by atoms with Gasteiger partial charge in [0.25, 0.3) is 0 Å². The number of carbonyl (C=O) groups excluding carboxylic acids is 2. The van der Waals surface area contributed by atoms with Gasteiger partial charge in [0.05, 0.1) is 25.9 Å². The number of ether oxygens (including phenoxy) is 3. The molecule has 30 heavy (non-hydrogen) atoms. The Morgan fingerprint density at radius 1 is 1.13 bits per heavy atom. The summed E-state index contributed by atoms with van der Waals surface area (Å²) in [5, 5.41) is 0. The van der Waals surface area contributed by atoms with Gasteiger partial charge in [-0.15, -0.1) is 0 Å². The summed E-state index contributed by atoms with van der Waals surface area (Å²) in [4.78, 5) is 26.6. The quantitative estimate of drug-likeness (QED) is 0.653. The Morgan fingerprint density at radius 3 is 2.50 bits per heavy atom. The van der Waals surface area contributed by atoms with Gasteiger partial charge in [0.15, 0.2) is 0 Å². The van der Waals surface area contributed by atoms with Crippen LogP contribution in [0.5, 0.6) is 5.75 Å². The van der Waals surface area contributed by atoms with Crippen LogP contribution in [0.15, 0.2) is 54.6 Å². The summed E-state index contributed by atoms with van der Waals surface area (Å²) >= 11 is 0. The van der Waals surface area contributed by atoms with Gasteiger partial charge in [-0.1, -0.05) is 30.3 Å². The number of benzene rings is 2. The van der Waals surface area contributed by atoms with Crippen LogP contribution in [-0.4, -0.2) is 31.4 Å². The molecule has 0 aromatic heterocycles. The van der Waals surface area contributed by atoms with Gasteiger partial charge in [0.1, 0.15) is 11.4 Å². The number of methoxy groups -OCH3 is 1. The van der Waals surface area contributed by atoms with Gasteiger partial charge in [-0.05, 0) is 44.0 Å². The molecule has 158 valence electrons. The van der Waals surface area contributed by atoms with Crippen molar-refractivity contribution < 1.29 is 23.8 Å². The van der Waals surface area contributed by atoms with Gasteiger partial charge in [-0.2, -0.15) is 0 Å². The topological polar surface area (TPSA) is 65.1 Å². The maximum atomic E-state index is 13.2. The molecule has 0 N–H and O–H groups in total. The van der Waals surface area contributed by atoms with Crippen LogP contribution >= 0.6 is 0 Å². The molecular formula is C24H27NO5. The monoisotopic (exact) mass is 409 g/mol. The van der Waals surface area contributed by atoms with Gasteiger partial charge in [0, 0.05) is 24.1 Å². The molecule has 0 radical (unpaired) electrons. The number of amides is 1. The predicted molar refractivity (Wildman–Crippen MR) is 115 cm³/mol. The maximum absolute atomic E-state index is 13.2. The summed E-state index contributed by atoms with van der Waals surface area (Å²) < 4.78 is 16.1. The number of anilines is 1. The van der Waals surface area contributed by atoms with Crippen molar-refractivity contribution in [3.8, 4) is 5.75 Å². The Hall–Kier alpha value is -3.28. The summed E-state index contributed by atoms with van der Waals surface area (Å²) in [6, 6.07) is 15.2. The molecule has 1 aliphatic rings. The number of carbonyl (C=O) groups is 2. The van der Waals surface area contributed by atoms with Crippen molar-refractivity contribution >= 4 is 23.3 Å². The lowest BCUT2D eigenvalue weighted by Crippen LogP contribution is -2.37. The molecular weight excluding hydrogens is 382 g/mol. The molecule has 1 heterocycles. The van der Waals surface area contributed by atoms with E-state index in [1.165, 1.54) is 6.08 Å². The van der Waals surface area contributed by atoms with E-state index in [9.17, 15) is 9.59 Å². The van der Waals surface area contributed by atoms with Gasteiger partial charge >= 0.3 is 12.1 Å². The van der Waals surface area contributed by atoms with Crippen molar-refractivity contribution in [2.45, 2.75) is 39.3 Å². The van der Waals surface area contributed by atoms with Crippen molar-refractivity contribution in [2.75, 3.05) is 18.6 Å². The van der Waals surface area contributed by atoms with E-state index in [1.54, 1.807) is 18.1 Å². The van der Waals surface area contributed by atoms with E-state index in [0.717, 1.165) is 16.7 Å². The minimum Gasteiger partial charge on any atom is -0.497 e. The van der Waals surface area contributed by atoms with Crippen molar-refractivity contribution in [1.29, 1.82) is 0 Å². The summed E-state index contributed by atoms with van der Waals surface area (Å²) in [6.45, 7) is 6.11. The van der Waals surface area contributed by atoms with Gasteiger partial charge < -0.3 is 14.2 Å². The Balaban J connectivity index is 2.10. The zero-order valence-electron chi connectivity index (χ0n) is 17.8. The fourth-order valence-electron chi connectivity index (χ4n) is 3.19. The Morgan fingerprint density at radius 2 is 1.87 bits per heavy atom. The SMILES string of the molecule is COc1ccc(C2=CC(=O)OCC2)c(N(Cc2ccccc2)C(=O)OC(C)(C)C)c1. The van der Waals surface area contributed by atoms with E-state index in [-0.39, 0.29) is 5.97 Å². The van der Waals surface area contributed by atoms with Crippen LogP contribution in [0, 0.1) is 0 Å². The Labute approximate surface area is 177 Å². The first-order valence-corrected chi connectivity index (χ1v) is 9.87. The lowest BCUT2D eigenvalue weighted by Gasteiger charge is -2.30. The fourth-order valence-corrected chi connectivity index (χ4v) is 3.19. The highest BCUT2D eigenvalue weighted by Crippen LogP contribution is 2.35. The van der Waals surface area contributed by atoms with Gasteiger partial charge in [0.2, 0.25) is 0 Å². The van der Waals surface area contributed by atoms with Crippen molar-refractivity contribution in [3.05, 3.63) is 65.7 Å². The third-order valence-electron chi connectivity index (χ3n) is 4.55. The molecule has 0 aliphatic carbocycles. The third-order valence-corrected chi connectivity index (χ3v) is 4.55. The van der Waals surface area contributed by atoms with Crippen molar-refractivity contribution in [1.82, 2.24) is 0 Å². The number of esters is 1. The summed E-state index contributed by atoms with van der Waals surface area (Å²) in [7, 11) is 1.57. The van der Waals surface area contributed by atoms with E-state index >= 15 is 0 Å². The second-order valence-corrected chi connectivity index (χ2v) is 8.02. The van der Waals surface area contributed by atoms with E-state index in [2.05, 4.69) is 0 Å². The second-order valence-electron chi connectivity index (χ2n) is 8.02. The van der Waals surface area contributed by atoms with Crippen LogP contribution in [0.25, 0.3) is 5.57 Å². The molecule has 1 amide bonds. The first-order valence-electron chi connectivity index (χ1n) is 9.87.